The maximum absolute atomic E-state index is 5.39. The van der Waals surface area contributed by atoms with Gasteiger partial charge in [0.15, 0.2) is 0 Å². The van der Waals surface area contributed by atoms with Gasteiger partial charge in [-0.2, -0.15) is 5.10 Å². The number of aromatic nitrogens is 3. The second-order valence-electron chi connectivity index (χ2n) is 6.50. The summed E-state index contributed by atoms with van der Waals surface area (Å²) in [7, 11) is 0. The Kier molecular flexibility index (Phi) is 3.94. The molecule has 2 aromatic heterocycles. The van der Waals surface area contributed by atoms with Crippen molar-refractivity contribution in [3.05, 3.63) is 59.1 Å². The fraction of sp³-hybridized carbons (Fsp3) is 0.368. The lowest BCUT2D eigenvalue weighted by Crippen LogP contribution is -2.23. The van der Waals surface area contributed by atoms with Crippen LogP contribution in [0, 0.1) is 13.8 Å². The summed E-state index contributed by atoms with van der Waals surface area (Å²) in [6.45, 7) is 6.03. The summed E-state index contributed by atoms with van der Waals surface area (Å²) in [5, 5.41) is 11.6. The van der Waals surface area contributed by atoms with Gasteiger partial charge < -0.3 is 4.52 Å². The van der Waals surface area contributed by atoms with E-state index in [4.69, 9.17) is 4.52 Å². The largest absolute Gasteiger partial charge is 0.361 e. The van der Waals surface area contributed by atoms with Crippen LogP contribution < -0.4 is 0 Å². The van der Waals surface area contributed by atoms with Crippen molar-refractivity contribution in [2.75, 3.05) is 6.54 Å². The van der Waals surface area contributed by atoms with Gasteiger partial charge in [0.1, 0.15) is 5.76 Å². The van der Waals surface area contributed by atoms with Crippen molar-refractivity contribution in [2.24, 2.45) is 0 Å². The Bertz CT molecular complexity index is 802. The summed E-state index contributed by atoms with van der Waals surface area (Å²) in [4.78, 5) is 2.52. The van der Waals surface area contributed by atoms with Gasteiger partial charge >= 0.3 is 0 Å². The molecule has 1 unspecified atom stereocenters. The highest BCUT2D eigenvalue weighted by atomic mass is 16.5. The third-order valence-corrected chi connectivity index (χ3v) is 4.94. The Morgan fingerprint density at radius 3 is 2.83 bits per heavy atom. The second kappa shape index (κ2) is 6.24. The highest BCUT2D eigenvalue weighted by Crippen LogP contribution is 2.37. The molecule has 1 N–H and O–H groups in total. The normalized spacial score (nSPS) is 18.3. The summed E-state index contributed by atoms with van der Waals surface area (Å²) in [5.74, 6) is 0.944. The van der Waals surface area contributed by atoms with E-state index in [1.54, 1.807) is 0 Å². The number of benzene rings is 1. The minimum absolute atomic E-state index is 0.384. The van der Waals surface area contributed by atoms with Crippen molar-refractivity contribution in [1.29, 1.82) is 0 Å². The summed E-state index contributed by atoms with van der Waals surface area (Å²) in [6.07, 6.45) is 4.31. The molecule has 0 radical (unpaired) electrons. The van der Waals surface area contributed by atoms with Crippen LogP contribution >= 0.6 is 0 Å². The van der Waals surface area contributed by atoms with Crippen LogP contribution in [0.1, 0.15) is 41.5 Å². The molecule has 0 bridgehead atoms. The quantitative estimate of drug-likeness (QED) is 0.788. The lowest BCUT2D eigenvalue weighted by atomic mass is 10.0. The van der Waals surface area contributed by atoms with Crippen LogP contribution in [-0.2, 0) is 6.54 Å². The van der Waals surface area contributed by atoms with Gasteiger partial charge in [-0.15, -0.1) is 0 Å². The summed E-state index contributed by atoms with van der Waals surface area (Å²) in [6, 6.07) is 10.8. The lowest BCUT2D eigenvalue weighted by molar-refractivity contribution is 0.246. The fourth-order valence-corrected chi connectivity index (χ4v) is 3.81. The molecule has 1 saturated heterocycles. The SMILES string of the molecule is Cc1noc(C)c1C1CCCN1Cc1cn[nH]c1-c1ccccc1. The zero-order chi connectivity index (χ0) is 16.5. The van der Waals surface area contributed by atoms with Gasteiger partial charge in [0.25, 0.3) is 0 Å². The van der Waals surface area contributed by atoms with Crippen molar-refractivity contribution < 1.29 is 4.52 Å². The third-order valence-electron chi connectivity index (χ3n) is 4.94. The molecule has 5 heteroatoms. The minimum Gasteiger partial charge on any atom is -0.361 e. The predicted molar refractivity (Wildman–Crippen MR) is 92.4 cm³/mol. The van der Waals surface area contributed by atoms with Crippen molar-refractivity contribution in [3.63, 3.8) is 0 Å². The average Bonchev–Trinajstić information content (AvgIpc) is 3.31. The van der Waals surface area contributed by atoms with E-state index >= 15 is 0 Å². The second-order valence-corrected chi connectivity index (χ2v) is 6.50. The Morgan fingerprint density at radius 1 is 1.25 bits per heavy atom. The molecule has 3 aromatic rings. The average molecular weight is 322 g/mol. The van der Waals surface area contributed by atoms with Gasteiger partial charge in [-0.25, -0.2) is 0 Å². The molecule has 1 aliphatic heterocycles. The van der Waals surface area contributed by atoms with E-state index in [1.807, 2.05) is 26.1 Å². The molecule has 0 aliphatic carbocycles. The van der Waals surface area contributed by atoms with Gasteiger partial charge in [-0.05, 0) is 38.8 Å². The maximum Gasteiger partial charge on any atom is 0.138 e. The zero-order valence-corrected chi connectivity index (χ0v) is 14.1. The molecule has 3 heterocycles. The molecule has 124 valence electrons. The number of nitrogens with zero attached hydrogens (tertiary/aromatic N) is 3. The maximum atomic E-state index is 5.39. The number of likely N-dealkylation sites (tertiary alicyclic amines) is 1. The number of aryl methyl sites for hydroxylation is 2. The van der Waals surface area contributed by atoms with E-state index in [9.17, 15) is 0 Å². The van der Waals surface area contributed by atoms with Crippen LogP contribution in [0.15, 0.2) is 41.1 Å². The van der Waals surface area contributed by atoms with Crippen molar-refractivity contribution >= 4 is 0 Å². The van der Waals surface area contributed by atoms with Crippen molar-refractivity contribution in [3.8, 4) is 11.3 Å². The molecule has 1 atom stereocenters. The van der Waals surface area contributed by atoms with E-state index in [0.29, 0.717) is 6.04 Å². The fourth-order valence-electron chi connectivity index (χ4n) is 3.81. The van der Waals surface area contributed by atoms with E-state index in [0.717, 1.165) is 36.7 Å². The number of H-pyrrole nitrogens is 1. The Labute approximate surface area is 141 Å². The van der Waals surface area contributed by atoms with Crippen LogP contribution in [0.5, 0.6) is 0 Å². The van der Waals surface area contributed by atoms with Gasteiger partial charge in [-0.1, -0.05) is 35.5 Å². The van der Waals surface area contributed by atoms with Crippen molar-refractivity contribution in [2.45, 2.75) is 39.3 Å². The number of rotatable bonds is 4. The van der Waals surface area contributed by atoms with E-state index in [-0.39, 0.29) is 0 Å². The molecule has 5 nitrogen and oxygen atoms in total. The van der Waals surface area contributed by atoms with Crippen LogP contribution in [-0.4, -0.2) is 26.8 Å². The topological polar surface area (TPSA) is 58.0 Å². The first-order valence-electron chi connectivity index (χ1n) is 8.48. The monoisotopic (exact) mass is 322 g/mol. The number of nitrogens with one attached hydrogen (secondary N) is 1. The van der Waals surface area contributed by atoms with Gasteiger partial charge in [0, 0.05) is 23.7 Å². The van der Waals surface area contributed by atoms with E-state index < -0.39 is 0 Å². The first-order valence-corrected chi connectivity index (χ1v) is 8.48. The predicted octanol–water partition coefficient (Wildman–Crippen LogP) is 4.02. The molecule has 4 rings (SSSR count). The van der Waals surface area contributed by atoms with Crippen LogP contribution in [0.25, 0.3) is 11.3 Å². The Hall–Kier alpha value is -2.40. The molecule has 0 amide bonds. The molecule has 0 saturated carbocycles. The third kappa shape index (κ3) is 2.65. The molecule has 1 fully saturated rings. The van der Waals surface area contributed by atoms with Gasteiger partial charge in [-0.3, -0.25) is 10.00 Å². The van der Waals surface area contributed by atoms with Gasteiger partial charge in [0.05, 0.1) is 17.6 Å². The highest BCUT2D eigenvalue weighted by Gasteiger charge is 2.31. The lowest BCUT2D eigenvalue weighted by Gasteiger charge is -2.24. The van der Waals surface area contributed by atoms with Gasteiger partial charge in [0.2, 0.25) is 0 Å². The molecule has 0 spiro atoms. The van der Waals surface area contributed by atoms with E-state index in [2.05, 4.69) is 44.5 Å². The highest BCUT2D eigenvalue weighted by molar-refractivity contribution is 5.62. The standard InChI is InChI=1S/C19H22N4O/c1-13-18(14(2)24-22-13)17-9-6-10-23(17)12-16-11-20-21-19(16)15-7-4-3-5-8-15/h3-5,7-8,11,17H,6,9-10,12H2,1-2H3,(H,20,21). The molecular weight excluding hydrogens is 300 g/mol. The molecule has 1 aromatic carbocycles. The Balaban J connectivity index is 1.61. The van der Waals surface area contributed by atoms with Crippen LogP contribution in [0.4, 0.5) is 0 Å². The van der Waals surface area contributed by atoms with Crippen LogP contribution in [0.2, 0.25) is 0 Å². The molecule has 24 heavy (non-hydrogen) atoms. The summed E-state index contributed by atoms with van der Waals surface area (Å²) < 4.78 is 5.39. The zero-order valence-electron chi connectivity index (χ0n) is 14.1. The number of hydrogen-bond donors (Lipinski definition) is 1. The summed E-state index contributed by atoms with van der Waals surface area (Å²) in [5.41, 5.74) is 5.80. The van der Waals surface area contributed by atoms with Crippen LogP contribution in [0.3, 0.4) is 0 Å². The first kappa shape index (κ1) is 15.1. The number of hydrogen-bond acceptors (Lipinski definition) is 4. The Morgan fingerprint density at radius 2 is 2.08 bits per heavy atom. The molecular formula is C19H22N4O. The first-order chi connectivity index (χ1) is 11.7. The minimum atomic E-state index is 0.384. The van der Waals surface area contributed by atoms with Crippen molar-refractivity contribution in [1.82, 2.24) is 20.3 Å². The number of aromatic amines is 1. The van der Waals surface area contributed by atoms with E-state index in [1.165, 1.54) is 23.1 Å². The summed E-state index contributed by atoms with van der Waals surface area (Å²) >= 11 is 0. The smallest absolute Gasteiger partial charge is 0.138 e. The molecule has 1 aliphatic rings.